The number of nitrogens with zero attached hydrogens (tertiary/aromatic N) is 1. The van der Waals surface area contributed by atoms with Crippen molar-refractivity contribution in [1.29, 1.82) is 0 Å². The molecular formula is C28H47N5O5. The van der Waals surface area contributed by atoms with E-state index in [2.05, 4.69) is 10.6 Å². The topological polar surface area (TPSA) is 151 Å². The summed E-state index contributed by atoms with van der Waals surface area (Å²) in [5, 5.41) is 7.28. The van der Waals surface area contributed by atoms with Crippen LogP contribution in [0.3, 0.4) is 0 Å². The van der Waals surface area contributed by atoms with Gasteiger partial charge < -0.3 is 26.6 Å². The van der Waals surface area contributed by atoms with Crippen molar-refractivity contribution in [3.8, 4) is 0 Å². The lowest BCUT2D eigenvalue weighted by atomic mass is 9.80. The van der Waals surface area contributed by atoms with E-state index in [1.807, 2.05) is 5.32 Å². The van der Waals surface area contributed by atoms with Gasteiger partial charge in [-0.25, -0.2) is 4.79 Å². The van der Waals surface area contributed by atoms with Gasteiger partial charge >= 0.3 is 6.03 Å². The van der Waals surface area contributed by atoms with Crippen molar-refractivity contribution in [2.24, 2.45) is 34.3 Å². The molecule has 1 saturated heterocycles. The summed E-state index contributed by atoms with van der Waals surface area (Å²) in [6, 6.07) is -7.18. The minimum Gasteiger partial charge on any atom is -0.363 e. The molecule has 0 aromatic carbocycles. The maximum atomic E-state index is 14.2. The van der Waals surface area contributed by atoms with Crippen molar-refractivity contribution in [3.05, 3.63) is 0 Å². The van der Waals surface area contributed by atoms with E-state index in [9.17, 15) is 24.0 Å². The van der Waals surface area contributed by atoms with E-state index in [1.54, 1.807) is 41.5 Å². The van der Waals surface area contributed by atoms with Crippen molar-refractivity contribution >= 4 is 29.5 Å². The number of Topliss-reactive ketones (excluding diaryl/α,β-unsaturated/α-hetero) is 1. The molecule has 1 aliphatic heterocycles. The normalized spacial score (nSPS) is 31.3. The number of likely N-dealkylation sites (tertiary alicyclic amines) is 1. The number of piperidine rings is 1. The van der Waals surface area contributed by atoms with Gasteiger partial charge in [0, 0.05) is 23.0 Å². The Balaban J connectivity index is 2.13. The van der Waals surface area contributed by atoms with Crippen LogP contribution in [0, 0.1) is 28.6 Å². The molecule has 0 aromatic heterocycles. The van der Waals surface area contributed by atoms with Gasteiger partial charge in [-0.3, -0.25) is 19.2 Å². The van der Waals surface area contributed by atoms with Gasteiger partial charge in [-0.2, -0.15) is 0 Å². The van der Waals surface area contributed by atoms with Gasteiger partial charge in [0.05, 0.1) is 7.39 Å². The Morgan fingerprint density at radius 1 is 1.11 bits per heavy atom. The number of carbonyl (C=O) groups is 5. The largest absolute Gasteiger partial charge is 0.363 e. The second-order valence-corrected chi connectivity index (χ2v) is 12.9. The van der Waals surface area contributed by atoms with Crippen LogP contribution in [0.5, 0.6) is 0 Å². The fourth-order valence-corrected chi connectivity index (χ4v) is 5.05. The Morgan fingerprint density at radius 2 is 1.74 bits per heavy atom. The molecule has 0 spiro atoms. The number of nitrogens with one attached hydrogen (secondary N) is 3. The Bertz CT molecular complexity index is 1290. The molecule has 0 aromatic rings. The quantitative estimate of drug-likeness (QED) is 0.329. The summed E-state index contributed by atoms with van der Waals surface area (Å²) in [7, 11) is 0. The van der Waals surface area contributed by atoms with Crippen molar-refractivity contribution in [2.45, 2.75) is 111 Å². The zero-order chi connectivity index (χ0) is 36.5. The van der Waals surface area contributed by atoms with Crippen molar-refractivity contribution in [2.75, 3.05) is 6.54 Å². The molecule has 3 rings (SSSR count). The summed E-state index contributed by atoms with van der Waals surface area (Å²) in [6.07, 6.45) is -1.73. The highest BCUT2D eigenvalue weighted by molar-refractivity contribution is 6.37. The van der Waals surface area contributed by atoms with Crippen LogP contribution in [-0.2, 0) is 19.2 Å². The monoisotopic (exact) mass is 542 g/mol. The van der Waals surface area contributed by atoms with Crippen LogP contribution >= 0.6 is 0 Å². The number of ketones is 1. The fraction of sp³-hybridized carbons (Fsp3) is 0.821. The highest BCUT2D eigenvalue weighted by atomic mass is 16.2. The smallest absolute Gasteiger partial charge is 0.315 e. The first-order chi connectivity index (χ1) is 20.9. The second kappa shape index (κ2) is 10.5. The fourth-order valence-electron chi connectivity index (χ4n) is 5.05. The molecule has 2 saturated carbocycles. The van der Waals surface area contributed by atoms with Crippen LogP contribution in [0.25, 0.3) is 0 Å². The molecule has 0 radical (unpaired) electrons. The number of carbonyl (C=O) groups excluding carboxylic acids is 5. The molecule has 214 valence electrons. The van der Waals surface area contributed by atoms with Crippen LogP contribution < -0.4 is 21.7 Å². The molecule has 5 amide bonds. The molecule has 38 heavy (non-hydrogen) atoms. The van der Waals surface area contributed by atoms with E-state index in [0.717, 1.165) is 4.90 Å². The summed E-state index contributed by atoms with van der Waals surface area (Å²) in [4.78, 5) is 67.3. The molecular weight excluding hydrogens is 486 g/mol. The lowest BCUT2D eigenvalue weighted by Gasteiger charge is -2.36. The number of hydrogen-bond acceptors (Lipinski definition) is 5. The number of nitrogens with two attached hydrogens (primary N) is 1. The molecule has 10 nitrogen and oxygen atoms in total. The van der Waals surface area contributed by atoms with Gasteiger partial charge in [0.1, 0.15) is 12.1 Å². The molecule has 3 aliphatic rings. The van der Waals surface area contributed by atoms with E-state index in [4.69, 9.17) is 18.1 Å². The second-order valence-electron chi connectivity index (χ2n) is 12.9. The van der Waals surface area contributed by atoms with Gasteiger partial charge in [-0.05, 0) is 62.1 Å². The highest BCUT2D eigenvalue weighted by Crippen LogP contribution is 2.65. The summed E-state index contributed by atoms with van der Waals surface area (Å²) < 4.78 is 75.2. The molecule has 5 N–H and O–H groups in total. The lowest BCUT2D eigenvalue weighted by molar-refractivity contribution is -0.144. The summed E-state index contributed by atoms with van der Waals surface area (Å²) in [6.45, 7) is 3.73. The van der Waals surface area contributed by atoms with Crippen molar-refractivity contribution < 1.29 is 36.3 Å². The minimum atomic E-state index is -3.28. The SMILES string of the molecule is [2H]C([2H])([2H])C1(C([2H])([2H])[2H])[C@@H]2[C@@H](C(=O)NC([2H])(C(=O)C(N)=O)C([2H])([2H])C3CCC3)N(C(=O)[C@H](CC(C)(C)C)NC(=O)NC(C)(C)C)C[C@@H]21. The summed E-state index contributed by atoms with van der Waals surface area (Å²) >= 11 is 0. The number of rotatable bonds is 9. The number of urea groups is 1. The first-order valence-corrected chi connectivity index (χ1v) is 13.0. The Hall–Kier alpha value is -2.65. The third kappa shape index (κ3) is 6.86. The highest BCUT2D eigenvalue weighted by Gasteiger charge is 2.69. The van der Waals surface area contributed by atoms with E-state index in [0.29, 0.717) is 6.42 Å². The summed E-state index contributed by atoms with van der Waals surface area (Å²) in [5.41, 5.74) is 1.47. The number of hydrogen-bond donors (Lipinski definition) is 4. The van der Waals surface area contributed by atoms with Crippen LogP contribution in [0.1, 0.15) is 99.6 Å². The average molecular weight is 543 g/mol. The third-order valence-electron chi connectivity index (χ3n) is 7.12. The van der Waals surface area contributed by atoms with Crippen LogP contribution in [0.4, 0.5) is 4.79 Å². The predicted octanol–water partition coefficient (Wildman–Crippen LogP) is 2.10. The minimum absolute atomic E-state index is 0.0417. The molecule has 1 heterocycles. The number of primary amides is 1. The molecule has 5 atom stereocenters. The predicted molar refractivity (Wildman–Crippen MR) is 144 cm³/mol. The van der Waals surface area contributed by atoms with Gasteiger partial charge in [0.2, 0.25) is 17.6 Å². The van der Waals surface area contributed by atoms with E-state index in [-0.39, 0.29) is 19.3 Å². The van der Waals surface area contributed by atoms with Crippen LogP contribution in [0.2, 0.25) is 0 Å². The molecule has 0 bridgehead atoms. The standard InChI is InChI=1S/C28H47N5O5/c1-26(2,3)13-18(31-25(38)32-27(4,5)6)24(37)33-14-16-19(28(16,7)8)20(33)23(36)30-17(21(34)22(29)35)12-15-10-9-11-15/h15-20H,9-14H2,1-8H3,(H2,29,35)(H,30,36)(H2,31,32,38)/t16-,17?,18-,19-,20-/m0/s1/i7D3,8D3,12D2,17D. The Morgan fingerprint density at radius 3 is 2.21 bits per heavy atom. The zero-order valence-corrected chi connectivity index (χ0v) is 23.0. The summed E-state index contributed by atoms with van der Waals surface area (Å²) in [5.74, 6) is -9.39. The van der Waals surface area contributed by atoms with E-state index >= 15 is 0 Å². The average Bonchev–Trinajstić information content (AvgIpc) is 3.33. The number of fused-ring (bicyclic) bond motifs is 1. The van der Waals surface area contributed by atoms with Crippen LogP contribution in [-0.4, -0.2) is 64.6 Å². The van der Waals surface area contributed by atoms with Gasteiger partial charge in [0.25, 0.3) is 5.91 Å². The Kier molecular flexibility index (Phi) is 5.36. The maximum Gasteiger partial charge on any atom is 0.315 e. The first-order valence-electron chi connectivity index (χ1n) is 17.5. The van der Waals surface area contributed by atoms with Crippen molar-refractivity contribution in [1.82, 2.24) is 20.9 Å². The van der Waals surface area contributed by atoms with E-state index in [1.165, 1.54) is 0 Å². The van der Waals surface area contributed by atoms with Crippen LogP contribution in [0.15, 0.2) is 0 Å². The molecule has 1 unspecified atom stereocenters. The van der Waals surface area contributed by atoms with Crippen molar-refractivity contribution in [3.63, 3.8) is 0 Å². The first kappa shape index (κ1) is 19.4. The van der Waals surface area contributed by atoms with Gasteiger partial charge in [-0.1, -0.05) is 53.7 Å². The van der Waals surface area contributed by atoms with Gasteiger partial charge in [0.15, 0.2) is 0 Å². The lowest BCUT2D eigenvalue weighted by Crippen LogP contribution is -2.60. The number of amides is 5. The maximum absolute atomic E-state index is 14.2. The third-order valence-corrected chi connectivity index (χ3v) is 7.12. The molecule has 10 heteroatoms. The zero-order valence-electron chi connectivity index (χ0n) is 32.0. The Labute approximate surface area is 239 Å². The molecule has 2 aliphatic carbocycles. The van der Waals surface area contributed by atoms with Gasteiger partial charge in [-0.15, -0.1) is 0 Å². The van der Waals surface area contributed by atoms with E-state index < -0.39 is 108 Å². The molecule has 3 fully saturated rings.